The van der Waals surface area contributed by atoms with Gasteiger partial charge in [0.25, 0.3) is 0 Å². The van der Waals surface area contributed by atoms with E-state index in [1.165, 1.54) is 0 Å². The van der Waals surface area contributed by atoms with Crippen LogP contribution in [-0.2, 0) is 6.42 Å². The quantitative estimate of drug-likeness (QED) is 0.508. The summed E-state index contributed by atoms with van der Waals surface area (Å²) in [6, 6.07) is 7.78. The molecule has 0 radical (unpaired) electrons. The normalized spacial score (nSPS) is 10.8. The number of H-pyrrole nitrogens is 1. The van der Waals surface area contributed by atoms with Crippen molar-refractivity contribution in [1.82, 2.24) is 30.1 Å². The van der Waals surface area contributed by atoms with Crippen LogP contribution in [0, 0.1) is 13.8 Å². The number of carbonyl (C=O) groups is 1. The Labute approximate surface area is 168 Å². The summed E-state index contributed by atoms with van der Waals surface area (Å²) in [5.74, 6) is -0.000807. The molecule has 4 rings (SSSR count). The van der Waals surface area contributed by atoms with Gasteiger partial charge in [0.2, 0.25) is 0 Å². The van der Waals surface area contributed by atoms with E-state index in [0.717, 1.165) is 28.1 Å². The molecule has 7 heteroatoms. The number of aryl methyl sites for hydroxylation is 3. The number of ketones is 1. The average Bonchev–Trinajstić information content (AvgIpc) is 3.23. The Hall–Kier alpha value is -3.74. The number of rotatable bonds is 6. The Morgan fingerprint density at radius 3 is 2.62 bits per heavy atom. The van der Waals surface area contributed by atoms with Gasteiger partial charge in [-0.15, -0.1) is 0 Å². The number of Topliss-reactive ketones (excluding diaryl/α,β-unsaturated/α-hetero) is 1. The molecule has 4 aromatic rings. The van der Waals surface area contributed by atoms with E-state index in [2.05, 4.69) is 36.2 Å². The molecule has 7 nitrogen and oxygen atoms in total. The summed E-state index contributed by atoms with van der Waals surface area (Å²) >= 11 is 0. The lowest BCUT2D eigenvalue weighted by molar-refractivity contribution is 0.0978. The third kappa shape index (κ3) is 4.24. The molecule has 144 valence electrons. The summed E-state index contributed by atoms with van der Waals surface area (Å²) < 4.78 is 0. The highest BCUT2D eigenvalue weighted by atomic mass is 16.1. The van der Waals surface area contributed by atoms with Crippen LogP contribution in [-0.4, -0.2) is 35.9 Å². The van der Waals surface area contributed by atoms with Gasteiger partial charge in [-0.05, 0) is 49.6 Å². The SMILES string of the molecule is Cc1cc(-c2ncc(CCC(=O)c3cc(-c4cnccn4)n[nH]3)cc2C)ccn1. The van der Waals surface area contributed by atoms with Crippen molar-refractivity contribution in [3.8, 4) is 22.6 Å². The van der Waals surface area contributed by atoms with Crippen molar-refractivity contribution in [2.45, 2.75) is 26.7 Å². The summed E-state index contributed by atoms with van der Waals surface area (Å²) in [5, 5.41) is 6.96. The zero-order valence-corrected chi connectivity index (χ0v) is 16.3. The lowest BCUT2D eigenvalue weighted by Crippen LogP contribution is -2.02. The maximum atomic E-state index is 12.5. The number of carbonyl (C=O) groups excluding carboxylic acids is 1. The van der Waals surface area contributed by atoms with Gasteiger partial charge in [-0.1, -0.05) is 6.07 Å². The summed E-state index contributed by atoms with van der Waals surface area (Å²) in [6.45, 7) is 4.00. The second-order valence-corrected chi connectivity index (χ2v) is 6.88. The minimum atomic E-state index is -0.000807. The summed E-state index contributed by atoms with van der Waals surface area (Å²) in [6.07, 6.45) is 9.42. The van der Waals surface area contributed by atoms with Gasteiger partial charge in [-0.2, -0.15) is 5.10 Å². The van der Waals surface area contributed by atoms with Crippen LogP contribution in [0.1, 0.15) is 33.7 Å². The van der Waals surface area contributed by atoms with Gasteiger partial charge in [0.05, 0.1) is 11.9 Å². The Kier molecular flexibility index (Phi) is 5.20. The molecule has 29 heavy (non-hydrogen) atoms. The fourth-order valence-electron chi connectivity index (χ4n) is 3.18. The molecule has 0 saturated carbocycles. The monoisotopic (exact) mass is 384 g/mol. The number of nitrogens with zero attached hydrogens (tertiary/aromatic N) is 5. The molecule has 4 heterocycles. The molecular formula is C22H20N6O. The van der Waals surface area contributed by atoms with Gasteiger partial charge in [0, 0.05) is 42.5 Å². The van der Waals surface area contributed by atoms with Crippen molar-refractivity contribution >= 4 is 5.78 Å². The van der Waals surface area contributed by atoms with Crippen LogP contribution in [0.2, 0.25) is 0 Å². The van der Waals surface area contributed by atoms with Crippen LogP contribution in [0.4, 0.5) is 0 Å². The topological polar surface area (TPSA) is 97.3 Å². The minimum Gasteiger partial charge on any atom is -0.292 e. The molecule has 0 bridgehead atoms. The van der Waals surface area contributed by atoms with Crippen molar-refractivity contribution in [1.29, 1.82) is 0 Å². The predicted octanol–water partition coefficient (Wildman–Crippen LogP) is 3.76. The third-order valence-corrected chi connectivity index (χ3v) is 4.65. The van der Waals surface area contributed by atoms with Crippen LogP contribution in [0.5, 0.6) is 0 Å². The molecule has 0 spiro atoms. The number of aromatic nitrogens is 6. The van der Waals surface area contributed by atoms with Gasteiger partial charge in [-0.25, -0.2) is 0 Å². The Morgan fingerprint density at radius 2 is 1.86 bits per heavy atom. The van der Waals surface area contributed by atoms with Gasteiger partial charge in [0.15, 0.2) is 5.78 Å². The highest BCUT2D eigenvalue weighted by molar-refractivity contribution is 5.95. The first-order valence-corrected chi connectivity index (χ1v) is 9.34. The second-order valence-electron chi connectivity index (χ2n) is 6.88. The molecule has 1 N–H and O–H groups in total. The van der Waals surface area contributed by atoms with Crippen LogP contribution in [0.3, 0.4) is 0 Å². The highest BCUT2D eigenvalue weighted by Gasteiger charge is 2.13. The number of pyridine rings is 2. The smallest absolute Gasteiger partial charge is 0.180 e. The average molecular weight is 384 g/mol. The molecule has 0 aliphatic heterocycles. The van der Waals surface area contributed by atoms with E-state index >= 15 is 0 Å². The first-order valence-electron chi connectivity index (χ1n) is 9.34. The fourth-order valence-corrected chi connectivity index (χ4v) is 3.18. The van der Waals surface area contributed by atoms with E-state index < -0.39 is 0 Å². The zero-order chi connectivity index (χ0) is 20.2. The molecular weight excluding hydrogens is 364 g/mol. The molecule has 0 aliphatic carbocycles. The Balaban J connectivity index is 1.43. The molecule has 4 aromatic heterocycles. The number of hydrogen-bond acceptors (Lipinski definition) is 6. The summed E-state index contributed by atoms with van der Waals surface area (Å²) in [7, 11) is 0. The first kappa shape index (κ1) is 18.6. The lowest BCUT2D eigenvalue weighted by Gasteiger charge is -2.08. The number of aromatic amines is 1. The van der Waals surface area contributed by atoms with Gasteiger partial charge < -0.3 is 0 Å². The predicted molar refractivity (Wildman–Crippen MR) is 109 cm³/mol. The Morgan fingerprint density at radius 1 is 0.966 bits per heavy atom. The minimum absolute atomic E-state index is 0.000807. The Bertz CT molecular complexity index is 1150. The van der Waals surface area contributed by atoms with E-state index in [1.54, 1.807) is 30.9 Å². The molecule has 0 atom stereocenters. The zero-order valence-electron chi connectivity index (χ0n) is 16.3. The summed E-state index contributed by atoms with van der Waals surface area (Å²) in [4.78, 5) is 29.6. The van der Waals surface area contributed by atoms with Crippen LogP contribution >= 0.6 is 0 Å². The maximum absolute atomic E-state index is 12.5. The van der Waals surface area contributed by atoms with E-state index in [4.69, 9.17) is 0 Å². The second kappa shape index (κ2) is 8.10. The molecule has 0 aromatic carbocycles. The lowest BCUT2D eigenvalue weighted by atomic mass is 10.0. The largest absolute Gasteiger partial charge is 0.292 e. The van der Waals surface area contributed by atoms with E-state index in [9.17, 15) is 4.79 Å². The van der Waals surface area contributed by atoms with Crippen molar-refractivity contribution in [2.24, 2.45) is 0 Å². The van der Waals surface area contributed by atoms with Gasteiger partial charge in [0.1, 0.15) is 17.1 Å². The molecule has 0 amide bonds. The van der Waals surface area contributed by atoms with Crippen molar-refractivity contribution in [2.75, 3.05) is 0 Å². The van der Waals surface area contributed by atoms with Crippen LogP contribution in [0.15, 0.2) is 55.2 Å². The standard InChI is InChI=1S/C22H20N6O/c1-14-9-16(12-26-22(14)17-5-6-24-15(2)10-17)3-4-21(29)19-11-18(27-28-19)20-13-23-7-8-25-20/h5-13H,3-4H2,1-2H3,(H,27,28). The fraction of sp³-hybridized carbons (Fsp3) is 0.182. The van der Waals surface area contributed by atoms with E-state index in [1.807, 2.05) is 32.2 Å². The van der Waals surface area contributed by atoms with Crippen LogP contribution < -0.4 is 0 Å². The van der Waals surface area contributed by atoms with E-state index in [0.29, 0.717) is 29.9 Å². The van der Waals surface area contributed by atoms with E-state index in [-0.39, 0.29) is 5.78 Å². The van der Waals surface area contributed by atoms with Gasteiger partial charge in [-0.3, -0.25) is 29.8 Å². The first-order chi connectivity index (χ1) is 14.1. The van der Waals surface area contributed by atoms with Crippen molar-refractivity contribution < 1.29 is 4.79 Å². The third-order valence-electron chi connectivity index (χ3n) is 4.65. The molecule has 0 aliphatic rings. The summed E-state index contributed by atoms with van der Waals surface area (Å²) in [5.41, 5.74) is 6.75. The number of hydrogen-bond donors (Lipinski definition) is 1. The molecule has 0 unspecified atom stereocenters. The molecule has 0 saturated heterocycles. The highest BCUT2D eigenvalue weighted by Crippen LogP contribution is 2.22. The van der Waals surface area contributed by atoms with Crippen LogP contribution in [0.25, 0.3) is 22.6 Å². The van der Waals surface area contributed by atoms with Gasteiger partial charge >= 0.3 is 0 Å². The van der Waals surface area contributed by atoms with Crippen molar-refractivity contribution in [3.63, 3.8) is 0 Å². The van der Waals surface area contributed by atoms with Crippen molar-refractivity contribution in [3.05, 3.63) is 77.8 Å². The molecule has 0 fully saturated rings. The maximum Gasteiger partial charge on any atom is 0.180 e. The number of nitrogens with one attached hydrogen (secondary N) is 1.